The highest BCUT2D eigenvalue weighted by Crippen LogP contribution is 2.29. The molecule has 0 N–H and O–H groups in total. The molecule has 1 aliphatic rings. The molecule has 2 heterocycles. The minimum atomic E-state index is -4.30. The second kappa shape index (κ2) is 6.55. The van der Waals surface area contributed by atoms with Gasteiger partial charge in [-0.3, -0.25) is 4.90 Å². The van der Waals surface area contributed by atoms with Crippen molar-refractivity contribution in [3.63, 3.8) is 0 Å². The van der Waals surface area contributed by atoms with Gasteiger partial charge in [0, 0.05) is 38.5 Å². The molecule has 0 unspecified atom stereocenters. The van der Waals surface area contributed by atoms with Crippen molar-refractivity contribution >= 4 is 0 Å². The summed E-state index contributed by atoms with van der Waals surface area (Å²) in [6.07, 6.45) is -3.53. The summed E-state index contributed by atoms with van der Waals surface area (Å²) < 4.78 is 40.7. The van der Waals surface area contributed by atoms with Crippen LogP contribution in [0, 0.1) is 0 Å². The Labute approximate surface area is 139 Å². The number of hydrogen-bond donors (Lipinski definition) is 0. The molecule has 3 rings (SSSR count). The summed E-state index contributed by atoms with van der Waals surface area (Å²) in [5, 5.41) is 8.52. The molecule has 1 aliphatic heterocycles. The van der Waals surface area contributed by atoms with Gasteiger partial charge in [-0.05, 0) is 11.6 Å². The van der Waals surface area contributed by atoms with E-state index >= 15 is 0 Å². The molecule has 4 nitrogen and oxygen atoms in total. The van der Waals surface area contributed by atoms with E-state index in [9.17, 15) is 13.2 Å². The van der Waals surface area contributed by atoms with Crippen molar-refractivity contribution in [1.82, 2.24) is 19.7 Å². The molecule has 0 fully saturated rings. The largest absolute Gasteiger partial charge is 0.416 e. The third kappa shape index (κ3) is 3.61. The third-order valence-electron chi connectivity index (χ3n) is 4.32. The van der Waals surface area contributed by atoms with Gasteiger partial charge in [0.25, 0.3) is 0 Å². The van der Waals surface area contributed by atoms with Gasteiger partial charge in [-0.1, -0.05) is 32.0 Å². The molecule has 0 aliphatic carbocycles. The molecule has 1 aromatic heterocycles. The molecule has 0 saturated heterocycles. The van der Waals surface area contributed by atoms with Crippen LogP contribution in [0.15, 0.2) is 24.3 Å². The molecular weight excluding hydrogens is 317 g/mol. The first-order valence-corrected chi connectivity index (χ1v) is 8.15. The number of aromatic nitrogens is 3. The summed E-state index contributed by atoms with van der Waals surface area (Å²) >= 11 is 0. The van der Waals surface area contributed by atoms with Crippen LogP contribution in [0.5, 0.6) is 0 Å². The lowest BCUT2D eigenvalue weighted by atomic mass is 10.1. The normalized spacial score (nSPS) is 16.2. The van der Waals surface area contributed by atoms with E-state index in [1.54, 1.807) is 6.07 Å². The molecule has 2 aromatic rings. The lowest BCUT2D eigenvalue weighted by Gasteiger charge is -2.20. The molecule has 7 heteroatoms. The zero-order valence-corrected chi connectivity index (χ0v) is 13.8. The number of fused-ring (bicyclic) bond motifs is 1. The van der Waals surface area contributed by atoms with E-state index in [0.29, 0.717) is 18.0 Å². The second-order valence-corrected chi connectivity index (χ2v) is 6.51. The highest BCUT2D eigenvalue weighted by molar-refractivity contribution is 5.25. The Morgan fingerprint density at radius 1 is 1.12 bits per heavy atom. The minimum absolute atomic E-state index is 0.307. The van der Waals surface area contributed by atoms with Crippen LogP contribution in [0.25, 0.3) is 0 Å². The first-order chi connectivity index (χ1) is 11.3. The molecule has 24 heavy (non-hydrogen) atoms. The number of benzene rings is 1. The van der Waals surface area contributed by atoms with Gasteiger partial charge < -0.3 is 4.57 Å². The smallest absolute Gasteiger partial charge is 0.313 e. The summed E-state index contributed by atoms with van der Waals surface area (Å²) in [5.74, 6) is 2.25. The molecule has 0 amide bonds. The monoisotopic (exact) mass is 338 g/mol. The van der Waals surface area contributed by atoms with Crippen molar-refractivity contribution in [1.29, 1.82) is 0 Å². The van der Waals surface area contributed by atoms with Crippen LogP contribution < -0.4 is 0 Å². The van der Waals surface area contributed by atoms with Crippen LogP contribution in [0.3, 0.4) is 0 Å². The summed E-state index contributed by atoms with van der Waals surface area (Å²) in [6, 6.07) is 5.58. The molecule has 0 radical (unpaired) electrons. The first-order valence-electron chi connectivity index (χ1n) is 8.15. The summed E-state index contributed by atoms with van der Waals surface area (Å²) in [4.78, 5) is 2.17. The van der Waals surface area contributed by atoms with Crippen LogP contribution in [-0.2, 0) is 25.7 Å². The van der Waals surface area contributed by atoms with E-state index in [2.05, 4.69) is 33.5 Å². The van der Waals surface area contributed by atoms with Crippen molar-refractivity contribution in [2.75, 3.05) is 13.1 Å². The standard InChI is InChI=1S/C17H21F3N4/c1-12(2)16-22-21-15-6-7-23(8-9-24(15)16)11-13-4-3-5-14(10-13)17(18,19)20/h3-5,10,12H,6-9,11H2,1-2H3. The average Bonchev–Trinajstić information content (AvgIpc) is 2.83. The number of nitrogens with zero attached hydrogens (tertiary/aromatic N) is 4. The van der Waals surface area contributed by atoms with Gasteiger partial charge in [0.2, 0.25) is 0 Å². The Kier molecular flexibility index (Phi) is 4.62. The third-order valence-corrected chi connectivity index (χ3v) is 4.32. The average molecular weight is 338 g/mol. The number of hydrogen-bond acceptors (Lipinski definition) is 3. The zero-order valence-electron chi connectivity index (χ0n) is 13.8. The van der Waals surface area contributed by atoms with Gasteiger partial charge in [-0.15, -0.1) is 10.2 Å². The fourth-order valence-corrected chi connectivity index (χ4v) is 3.08. The van der Waals surface area contributed by atoms with Gasteiger partial charge >= 0.3 is 6.18 Å². The van der Waals surface area contributed by atoms with Crippen LogP contribution in [0.4, 0.5) is 13.2 Å². The maximum absolute atomic E-state index is 12.8. The number of halogens is 3. The van der Waals surface area contributed by atoms with Gasteiger partial charge in [-0.25, -0.2) is 0 Å². The molecule has 0 spiro atoms. The Morgan fingerprint density at radius 2 is 1.92 bits per heavy atom. The molecule has 0 saturated carbocycles. The first kappa shape index (κ1) is 17.0. The second-order valence-electron chi connectivity index (χ2n) is 6.51. The van der Waals surface area contributed by atoms with Crippen molar-refractivity contribution in [2.24, 2.45) is 0 Å². The summed E-state index contributed by atoms with van der Waals surface area (Å²) in [7, 11) is 0. The van der Waals surface area contributed by atoms with Crippen molar-refractivity contribution in [3.8, 4) is 0 Å². The summed E-state index contributed by atoms with van der Waals surface area (Å²) in [5.41, 5.74) is 0.0978. The van der Waals surface area contributed by atoms with Crippen molar-refractivity contribution in [3.05, 3.63) is 47.0 Å². The predicted molar refractivity (Wildman–Crippen MR) is 84.5 cm³/mol. The minimum Gasteiger partial charge on any atom is -0.313 e. The number of alkyl halides is 3. The zero-order chi connectivity index (χ0) is 17.3. The Morgan fingerprint density at radius 3 is 2.62 bits per heavy atom. The van der Waals surface area contributed by atoms with E-state index in [-0.39, 0.29) is 0 Å². The van der Waals surface area contributed by atoms with Gasteiger partial charge in [0.15, 0.2) is 0 Å². The van der Waals surface area contributed by atoms with Gasteiger partial charge in [-0.2, -0.15) is 13.2 Å². The number of rotatable bonds is 3. The lowest BCUT2D eigenvalue weighted by Crippen LogP contribution is -2.27. The SMILES string of the molecule is CC(C)c1nnc2n1CCN(Cc1cccc(C(F)(F)F)c1)CC2. The maximum Gasteiger partial charge on any atom is 0.416 e. The van der Waals surface area contributed by atoms with Crippen LogP contribution in [0.1, 0.15) is 42.5 Å². The van der Waals surface area contributed by atoms with Gasteiger partial charge in [0.1, 0.15) is 11.6 Å². The van der Waals surface area contributed by atoms with Crippen molar-refractivity contribution in [2.45, 2.75) is 45.5 Å². The Hall–Kier alpha value is -1.89. The van der Waals surface area contributed by atoms with E-state index < -0.39 is 11.7 Å². The highest BCUT2D eigenvalue weighted by atomic mass is 19.4. The van der Waals surface area contributed by atoms with Crippen LogP contribution in [-0.4, -0.2) is 32.8 Å². The van der Waals surface area contributed by atoms with Crippen LogP contribution >= 0.6 is 0 Å². The van der Waals surface area contributed by atoms with E-state index in [1.165, 1.54) is 12.1 Å². The Balaban J connectivity index is 1.70. The summed E-state index contributed by atoms with van der Waals surface area (Å²) in [6.45, 7) is 7.01. The van der Waals surface area contributed by atoms with Gasteiger partial charge in [0.05, 0.1) is 5.56 Å². The molecule has 0 atom stereocenters. The predicted octanol–water partition coefficient (Wildman–Crippen LogP) is 3.48. The fraction of sp³-hybridized carbons (Fsp3) is 0.529. The van der Waals surface area contributed by atoms with E-state index in [4.69, 9.17) is 0 Å². The van der Waals surface area contributed by atoms with E-state index in [1.807, 2.05) is 0 Å². The topological polar surface area (TPSA) is 34.0 Å². The van der Waals surface area contributed by atoms with E-state index in [0.717, 1.165) is 43.8 Å². The van der Waals surface area contributed by atoms with Crippen LogP contribution in [0.2, 0.25) is 0 Å². The van der Waals surface area contributed by atoms with Crippen molar-refractivity contribution < 1.29 is 13.2 Å². The maximum atomic E-state index is 12.8. The molecule has 0 bridgehead atoms. The Bertz CT molecular complexity index is 706. The molecule has 1 aromatic carbocycles. The highest BCUT2D eigenvalue weighted by Gasteiger charge is 2.30. The quantitative estimate of drug-likeness (QED) is 0.859. The molecule has 130 valence electrons. The molecular formula is C17H21F3N4. The lowest BCUT2D eigenvalue weighted by molar-refractivity contribution is -0.137. The fourth-order valence-electron chi connectivity index (χ4n) is 3.08.